The van der Waals surface area contributed by atoms with Gasteiger partial charge in [-0.05, 0) is 49.9 Å². The van der Waals surface area contributed by atoms with Gasteiger partial charge in [0.05, 0.1) is 12.5 Å². The first-order chi connectivity index (χ1) is 13.7. The van der Waals surface area contributed by atoms with E-state index in [4.69, 9.17) is 4.74 Å². The maximum atomic E-state index is 13.0. The Labute approximate surface area is 173 Å². The number of carboxylic acid groups (broad SMARTS) is 1. The molecule has 29 heavy (non-hydrogen) atoms. The largest absolute Gasteiger partial charge is 0.494 e. The number of carbonyl (C=O) groups excluding carboxylic acids is 1. The Morgan fingerprint density at radius 3 is 2.38 bits per heavy atom. The Kier molecular flexibility index (Phi) is 8.32. The summed E-state index contributed by atoms with van der Waals surface area (Å²) in [5.41, 5.74) is 1.07. The molecule has 0 radical (unpaired) electrons. The average Bonchev–Trinajstić information content (AvgIpc) is 2.69. The maximum Gasteiger partial charge on any atom is 0.333 e. The molecule has 162 valence electrons. The van der Waals surface area contributed by atoms with E-state index in [1.54, 1.807) is 4.90 Å². The zero-order chi connectivity index (χ0) is 21.6. The van der Waals surface area contributed by atoms with Crippen LogP contribution in [0.3, 0.4) is 0 Å². The number of piperazine rings is 1. The number of rotatable bonds is 9. The summed E-state index contributed by atoms with van der Waals surface area (Å²) in [6, 6.07) is 7.86. The third kappa shape index (κ3) is 6.10. The van der Waals surface area contributed by atoms with Gasteiger partial charge >= 0.3 is 5.97 Å². The van der Waals surface area contributed by atoms with E-state index in [-0.39, 0.29) is 17.9 Å². The van der Waals surface area contributed by atoms with Crippen molar-refractivity contribution in [3.8, 4) is 5.75 Å². The number of anilines is 1. The molecular formula is C22H34N2O5. The average molecular weight is 407 g/mol. The van der Waals surface area contributed by atoms with Crippen LogP contribution in [-0.4, -0.2) is 65.4 Å². The normalized spacial score (nSPS) is 19.2. The van der Waals surface area contributed by atoms with Crippen molar-refractivity contribution in [3.05, 3.63) is 24.3 Å². The summed E-state index contributed by atoms with van der Waals surface area (Å²) in [4.78, 5) is 28.3. The number of aliphatic hydroxyl groups excluding tert-OH is 1. The number of carboxylic acids is 1. The first kappa shape index (κ1) is 23.0. The van der Waals surface area contributed by atoms with Crippen molar-refractivity contribution in [2.75, 3.05) is 31.1 Å². The molecule has 0 bridgehead atoms. The smallest absolute Gasteiger partial charge is 0.333 e. The minimum absolute atomic E-state index is 0.0806. The lowest BCUT2D eigenvalue weighted by Crippen LogP contribution is -2.57. The summed E-state index contributed by atoms with van der Waals surface area (Å²) in [5, 5.41) is 19.3. The number of benzene rings is 1. The lowest BCUT2D eigenvalue weighted by molar-refractivity contribution is -0.158. The number of aliphatic hydroxyl groups is 1. The second-order valence-electron chi connectivity index (χ2n) is 8.19. The number of amides is 1. The summed E-state index contributed by atoms with van der Waals surface area (Å²) in [5.74, 6) is -1.58. The van der Waals surface area contributed by atoms with E-state index in [1.165, 1.54) is 0 Å². The van der Waals surface area contributed by atoms with Gasteiger partial charge in [0.2, 0.25) is 5.91 Å². The van der Waals surface area contributed by atoms with Gasteiger partial charge in [-0.1, -0.05) is 20.8 Å². The fraction of sp³-hybridized carbons (Fsp3) is 0.636. The Morgan fingerprint density at radius 2 is 1.86 bits per heavy atom. The van der Waals surface area contributed by atoms with Crippen LogP contribution in [0.15, 0.2) is 24.3 Å². The zero-order valence-electron chi connectivity index (χ0n) is 17.9. The van der Waals surface area contributed by atoms with E-state index in [9.17, 15) is 19.8 Å². The third-order valence-corrected chi connectivity index (χ3v) is 5.26. The Morgan fingerprint density at radius 1 is 1.21 bits per heavy atom. The van der Waals surface area contributed by atoms with Crippen LogP contribution in [0.25, 0.3) is 0 Å². The second kappa shape index (κ2) is 10.5. The van der Waals surface area contributed by atoms with E-state index < -0.39 is 18.0 Å². The topological polar surface area (TPSA) is 90.3 Å². The molecule has 0 saturated carbocycles. The molecule has 0 aliphatic carbocycles. The number of hydrogen-bond donors (Lipinski definition) is 2. The Balaban J connectivity index is 2.04. The van der Waals surface area contributed by atoms with Crippen molar-refractivity contribution in [1.29, 1.82) is 0 Å². The summed E-state index contributed by atoms with van der Waals surface area (Å²) >= 11 is 0. The molecule has 1 fully saturated rings. The van der Waals surface area contributed by atoms with E-state index in [0.29, 0.717) is 32.7 Å². The number of nitrogens with zero attached hydrogens (tertiary/aromatic N) is 2. The molecule has 0 spiro atoms. The van der Waals surface area contributed by atoms with Gasteiger partial charge in [0.25, 0.3) is 0 Å². The highest BCUT2D eigenvalue weighted by molar-refractivity contribution is 5.86. The van der Waals surface area contributed by atoms with Crippen molar-refractivity contribution in [2.45, 2.75) is 52.7 Å². The monoisotopic (exact) mass is 406 g/mol. The highest BCUT2D eigenvalue weighted by atomic mass is 16.5. The standard InChI is InChI=1S/C22H34N2O5/c1-5-12-29-18-8-6-17(7-9-18)23-10-11-24(16(4)14-23)21(26)19(13-15(2)3)20(25)22(27)28/h6-9,15-16,19-20,25H,5,10-14H2,1-4H3,(H,27,28)/t16-,19+,20+/m1/s1. The molecule has 1 aromatic carbocycles. The minimum Gasteiger partial charge on any atom is -0.494 e. The molecule has 7 nitrogen and oxygen atoms in total. The number of aliphatic carboxylic acids is 1. The van der Waals surface area contributed by atoms with Gasteiger partial charge in [0.15, 0.2) is 6.10 Å². The summed E-state index contributed by atoms with van der Waals surface area (Å²) < 4.78 is 5.62. The van der Waals surface area contributed by atoms with E-state index >= 15 is 0 Å². The van der Waals surface area contributed by atoms with Crippen LogP contribution >= 0.6 is 0 Å². The summed E-state index contributed by atoms with van der Waals surface area (Å²) in [6.07, 6.45) is -0.368. The van der Waals surface area contributed by atoms with Crippen molar-refractivity contribution in [2.24, 2.45) is 11.8 Å². The van der Waals surface area contributed by atoms with Crippen LogP contribution in [0.2, 0.25) is 0 Å². The van der Waals surface area contributed by atoms with Crippen LogP contribution in [0.1, 0.15) is 40.5 Å². The third-order valence-electron chi connectivity index (χ3n) is 5.26. The van der Waals surface area contributed by atoms with Crippen molar-refractivity contribution < 1.29 is 24.5 Å². The maximum absolute atomic E-state index is 13.0. The van der Waals surface area contributed by atoms with E-state index in [1.807, 2.05) is 45.0 Å². The van der Waals surface area contributed by atoms with Gasteiger partial charge in [0, 0.05) is 31.4 Å². The van der Waals surface area contributed by atoms with Crippen molar-refractivity contribution >= 4 is 17.6 Å². The molecule has 1 amide bonds. The molecule has 0 unspecified atom stereocenters. The molecule has 2 rings (SSSR count). The highest BCUT2D eigenvalue weighted by Gasteiger charge is 2.38. The molecule has 2 N–H and O–H groups in total. The fourth-order valence-corrected chi connectivity index (χ4v) is 3.75. The predicted octanol–water partition coefficient (Wildman–Crippen LogP) is 2.62. The molecule has 1 saturated heterocycles. The Bertz CT molecular complexity index is 676. The van der Waals surface area contributed by atoms with Gasteiger partial charge in [-0.25, -0.2) is 4.79 Å². The van der Waals surface area contributed by atoms with Crippen LogP contribution in [-0.2, 0) is 9.59 Å². The quantitative estimate of drug-likeness (QED) is 0.655. The van der Waals surface area contributed by atoms with Gasteiger partial charge < -0.3 is 24.7 Å². The molecule has 1 aliphatic heterocycles. The van der Waals surface area contributed by atoms with Crippen LogP contribution in [0.5, 0.6) is 5.75 Å². The van der Waals surface area contributed by atoms with E-state index in [2.05, 4.69) is 11.8 Å². The van der Waals surface area contributed by atoms with Gasteiger partial charge in [-0.15, -0.1) is 0 Å². The molecular weight excluding hydrogens is 372 g/mol. The van der Waals surface area contributed by atoms with Crippen molar-refractivity contribution in [1.82, 2.24) is 4.90 Å². The molecule has 1 aliphatic rings. The summed E-state index contributed by atoms with van der Waals surface area (Å²) in [7, 11) is 0. The lowest BCUT2D eigenvalue weighted by atomic mass is 9.90. The van der Waals surface area contributed by atoms with Gasteiger partial charge in [0.1, 0.15) is 5.75 Å². The minimum atomic E-state index is -1.68. The van der Waals surface area contributed by atoms with Crippen LogP contribution < -0.4 is 9.64 Å². The molecule has 0 aromatic heterocycles. The first-order valence-electron chi connectivity index (χ1n) is 10.4. The highest BCUT2D eigenvalue weighted by Crippen LogP contribution is 2.25. The fourth-order valence-electron chi connectivity index (χ4n) is 3.75. The lowest BCUT2D eigenvalue weighted by Gasteiger charge is -2.42. The van der Waals surface area contributed by atoms with Gasteiger partial charge in [-0.2, -0.15) is 0 Å². The number of hydrogen-bond acceptors (Lipinski definition) is 5. The molecule has 1 heterocycles. The SMILES string of the molecule is CCCOc1ccc(N2CCN(C(=O)[C@@H](CC(C)C)[C@H](O)C(=O)O)[C@H](C)C2)cc1. The second-order valence-corrected chi connectivity index (χ2v) is 8.19. The number of carbonyl (C=O) groups is 2. The summed E-state index contributed by atoms with van der Waals surface area (Å²) in [6.45, 7) is 10.4. The van der Waals surface area contributed by atoms with Crippen molar-refractivity contribution in [3.63, 3.8) is 0 Å². The number of ether oxygens (including phenoxy) is 1. The van der Waals surface area contributed by atoms with E-state index in [0.717, 1.165) is 17.9 Å². The predicted molar refractivity (Wildman–Crippen MR) is 112 cm³/mol. The van der Waals surface area contributed by atoms with Crippen LogP contribution in [0, 0.1) is 11.8 Å². The molecule has 1 aromatic rings. The van der Waals surface area contributed by atoms with Gasteiger partial charge in [-0.3, -0.25) is 4.79 Å². The molecule has 3 atom stereocenters. The first-order valence-corrected chi connectivity index (χ1v) is 10.4. The zero-order valence-corrected chi connectivity index (χ0v) is 17.9. The Hall–Kier alpha value is -2.28. The van der Waals surface area contributed by atoms with Crippen LogP contribution in [0.4, 0.5) is 5.69 Å². The molecule has 7 heteroatoms.